The minimum absolute atomic E-state index is 0.236. The summed E-state index contributed by atoms with van der Waals surface area (Å²) in [5, 5.41) is 11.9. The molecule has 1 heterocycles. The van der Waals surface area contributed by atoms with Crippen molar-refractivity contribution in [2.45, 2.75) is 0 Å². The lowest BCUT2D eigenvalue weighted by molar-refractivity contribution is 0.355. The number of benzene rings is 2. The van der Waals surface area contributed by atoms with E-state index in [0.29, 0.717) is 28.1 Å². The average Bonchev–Trinajstić information content (AvgIpc) is 2.63. The van der Waals surface area contributed by atoms with Crippen LogP contribution in [0.5, 0.6) is 11.5 Å². The third-order valence-corrected chi connectivity index (χ3v) is 3.49. The molecule has 24 heavy (non-hydrogen) atoms. The van der Waals surface area contributed by atoms with Crippen molar-refractivity contribution in [1.82, 2.24) is 10.2 Å². The van der Waals surface area contributed by atoms with Crippen molar-refractivity contribution in [3.63, 3.8) is 0 Å². The molecule has 0 aliphatic carbocycles. The molecule has 0 atom stereocenters. The highest BCUT2D eigenvalue weighted by Gasteiger charge is 2.05. The van der Waals surface area contributed by atoms with Gasteiger partial charge >= 0.3 is 0 Å². The molecule has 0 bridgehead atoms. The number of anilines is 1. The first-order chi connectivity index (χ1) is 11.7. The lowest BCUT2D eigenvalue weighted by atomic mass is 10.2. The Balaban J connectivity index is 1.85. The number of aromatic nitrogens is 2. The predicted molar refractivity (Wildman–Crippen MR) is 93.1 cm³/mol. The van der Waals surface area contributed by atoms with Gasteiger partial charge in [0, 0.05) is 5.39 Å². The third kappa shape index (κ3) is 3.05. The summed E-state index contributed by atoms with van der Waals surface area (Å²) in [4.78, 5) is 11.7. The van der Waals surface area contributed by atoms with E-state index >= 15 is 0 Å². The zero-order valence-electron chi connectivity index (χ0n) is 13.2. The van der Waals surface area contributed by atoms with Crippen LogP contribution in [0.15, 0.2) is 52.4 Å². The maximum Gasteiger partial charge on any atom is 0.272 e. The Hall–Kier alpha value is -3.35. The fourth-order valence-electron chi connectivity index (χ4n) is 2.30. The molecule has 0 radical (unpaired) electrons. The second-order valence-electron chi connectivity index (χ2n) is 4.93. The van der Waals surface area contributed by atoms with E-state index in [1.165, 1.54) is 0 Å². The number of nitrogens with one attached hydrogen (secondary N) is 2. The van der Waals surface area contributed by atoms with Gasteiger partial charge in [0.2, 0.25) is 0 Å². The van der Waals surface area contributed by atoms with Crippen LogP contribution in [0.2, 0.25) is 0 Å². The summed E-state index contributed by atoms with van der Waals surface area (Å²) in [6, 6.07) is 12.6. The molecule has 0 aliphatic heterocycles. The van der Waals surface area contributed by atoms with Crippen molar-refractivity contribution in [2.75, 3.05) is 19.6 Å². The van der Waals surface area contributed by atoms with Gasteiger partial charge in [-0.1, -0.05) is 18.2 Å². The topological polar surface area (TPSA) is 88.6 Å². The monoisotopic (exact) mass is 324 g/mol. The quantitative estimate of drug-likeness (QED) is 0.556. The van der Waals surface area contributed by atoms with E-state index in [2.05, 4.69) is 20.7 Å². The molecule has 3 rings (SSSR count). The number of hydrogen-bond acceptors (Lipinski definition) is 6. The molecule has 0 unspecified atom stereocenters. The van der Waals surface area contributed by atoms with Gasteiger partial charge in [-0.05, 0) is 29.8 Å². The maximum atomic E-state index is 11.7. The van der Waals surface area contributed by atoms with E-state index in [9.17, 15) is 4.79 Å². The number of fused-ring (bicyclic) bond motifs is 1. The molecule has 122 valence electrons. The largest absolute Gasteiger partial charge is 0.493 e. The summed E-state index contributed by atoms with van der Waals surface area (Å²) >= 11 is 0. The van der Waals surface area contributed by atoms with E-state index < -0.39 is 0 Å². The van der Waals surface area contributed by atoms with Crippen LogP contribution in [0.3, 0.4) is 0 Å². The van der Waals surface area contributed by atoms with E-state index in [1.54, 1.807) is 38.6 Å². The van der Waals surface area contributed by atoms with Gasteiger partial charge in [-0.15, -0.1) is 0 Å². The van der Waals surface area contributed by atoms with Crippen LogP contribution in [0.1, 0.15) is 5.56 Å². The van der Waals surface area contributed by atoms with Crippen LogP contribution in [-0.2, 0) is 0 Å². The van der Waals surface area contributed by atoms with Crippen molar-refractivity contribution < 1.29 is 9.47 Å². The predicted octanol–water partition coefficient (Wildman–Crippen LogP) is 2.39. The molecular weight excluding hydrogens is 308 g/mol. The normalized spacial score (nSPS) is 10.9. The first-order valence-electron chi connectivity index (χ1n) is 7.21. The minimum Gasteiger partial charge on any atom is -0.493 e. The lowest BCUT2D eigenvalue weighted by Crippen LogP contribution is -2.10. The molecular formula is C17H16N4O3. The summed E-state index contributed by atoms with van der Waals surface area (Å²) < 4.78 is 10.4. The fourth-order valence-corrected chi connectivity index (χ4v) is 2.30. The Labute approximate surface area is 137 Å². The van der Waals surface area contributed by atoms with Crippen LogP contribution in [0.4, 0.5) is 5.82 Å². The number of rotatable bonds is 5. The van der Waals surface area contributed by atoms with Crippen molar-refractivity contribution in [2.24, 2.45) is 5.10 Å². The molecule has 2 aromatic carbocycles. The Morgan fingerprint density at radius 2 is 1.83 bits per heavy atom. The highest BCUT2D eigenvalue weighted by atomic mass is 16.5. The second-order valence-corrected chi connectivity index (χ2v) is 4.93. The van der Waals surface area contributed by atoms with Gasteiger partial charge in [-0.2, -0.15) is 10.2 Å². The molecule has 7 heteroatoms. The number of methoxy groups -OCH3 is 2. The van der Waals surface area contributed by atoms with Crippen molar-refractivity contribution >= 4 is 22.8 Å². The molecule has 0 saturated heterocycles. The van der Waals surface area contributed by atoms with Crippen molar-refractivity contribution in [1.29, 1.82) is 0 Å². The first-order valence-corrected chi connectivity index (χ1v) is 7.21. The van der Waals surface area contributed by atoms with Gasteiger partial charge in [-0.3, -0.25) is 10.2 Å². The molecule has 0 amide bonds. The second kappa shape index (κ2) is 6.82. The van der Waals surface area contributed by atoms with Gasteiger partial charge in [0.15, 0.2) is 17.3 Å². The van der Waals surface area contributed by atoms with Crippen LogP contribution in [0, 0.1) is 0 Å². The summed E-state index contributed by atoms with van der Waals surface area (Å²) in [5.74, 6) is 1.74. The minimum atomic E-state index is -0.236. The Kier molecular flexibility index (Phi) is 4.42. The number of H-pyrrole nitrogens is 1. The van der Waals surface area contributed by atoms with Gasteiger partial charge in [-0.25, -0.2) is 5.10 Å². The highest BCUT2D eigenvalue weighted by Crippen LogP contribution is 2.26. The summed E-state index contributed by atoms with van der Waals surface area (Å²) in [5.41, 5.74) is 3.44. The fraction of sp³-hybridized carbons (Fsp3) is 0.118. The van der Waals surface area contributed by atoms with Gasteiger partial charge in [0.1, 0.15) is 0 Å². The summed E-state index contributed by atoms with van der Waals surface area (Å²) in [7, 11) is 3.16. The van der Waals surface area contributed by atoms with Gasteiger partial charge in [0.05, 0.1) is 25.8 Å². The van der Waals surface area contributed by atoms with E-state index in [4.69, 9.17) is 9.47 Å². The van der Waals surface area contributed by atoms with Crippen LogP contribution in [0.25, 0.3) is 10.8 Å². The molecule has 3 aromatic rings. The molecule has 0 fully saturated rings. The number of hydrazone groups is 1. The molecule has 0 aliphatic rings. The SMILES string of the molecule is COc1ccc(/C=N/Nc2n[nH]c(=O)c3ccccc23)cc1OC. The average molecular weight is 324 g/mol. The summed E-state index contributed by atoms with van der Waals surface area (Å²) in [6.45, 7) is 0. The van der Waals surface area contributed by atoms with Gasteiger partial charge in [0.25, 0.3) is 5.56 Å². The van der Waals surface area contributed by atoms with E-state index in [-0.39, 0.29) is 5.56 Å². The molecule has 1 aromatic heterocycles. The highest BCUT2D eigenvalue weighted by molar-refractivity contribution is 5.91. The van der Waals surface area contributed by atoms with Crippen molar-refractivity contribution in [3.05, 3.63) is 58.4 Å². The van der Waals surface area contributed by atoms with Crippen LogP contribution in [-0.4, -0.2) is 30.6 Å². The number of hydrogen-bond donors (Lipinski definition) is 2. The molecule has 0 saturated carbocycles. The number of ether oxygens (including phenoxy) is 2. The lowest BCUT2D eigenvalue weighted by Gasteiger charge is -2.07. The van der Waals surface area contributed by atoms with Gasteiger partial charge < -0.3 is 9.47 Å². The standard InChI is InChI=1S/C17H16N4O3/c1-23-14-8-7-11(9-15(14)24-2)10-18-19-16-12-5-3-4-6-13(12)17(22)21-20-16/h3-10H,1-2H3,(H,19,20)(H,21,22)/b18-10+. The summed E-state index contributed by atoms with van der Waals surface area (Å²) in [6.07, 6.45) is 1.63. The third-order valence-electron chi connectivity index (χ3n) is 3.49. The zero-order valence-corrected chi connectivity index (χ0v) is 13.2. The smallest absolute Gasteiger partial charge is 0.272 e. The molecule has 2 N–H and O–H groups in total. The maximum absolute atomic E-state index is 11.7. The van der Waals surface area contributed by atoms with Crippen LogP contribution >= 0.6 is 0 Å². The molecule has 0 spiro atoms. The number of aromatic amines is 1. The van der Waals surface area contributed by atoms with Crippen LogP contribution < -0.4 is 20.5 Å². The Bertz CT molecular complexity index is 950. The zero-order chi connectivity index (χ0) is 16.9. The number of nitrogens with zero attached hydrogens (tertiary/aromatic N) is 2. The van der Waals surface area contributed by atoms with E-state index in [1.807, 2.05) is 24.3 Å². The Morgan fingerprint density at radius 3 is 2.58 bits per heavy atom. The van der Waals surface area contributed by atoms with E-state index in [0.717, 1.165) is 5.56 Å². The Morgan fingerprint density at radius 1 is 1.08 bits per heavy atom. The van der Waals surface area contributed by atoms with Crippen molar-refractivity contribution in [3.8, 4) is 11.5 Å². The first kappa shape index (κ1) is 15.5. The molecule has 7 nitrogen and oxygen atoms in total.